The molecule has 6 heteroatoms. The Bertz CT molecular complexity index is 665. The minimum Gasteiger partial charge on any atom is -0.493 e. The van der Waals surface area contributed by atoms with Gasteiger partial charge in [0.2, 0.25) is 5.91 Å². The van der Waals surface area contributed by atoms with Gasteiger partial charge in [-0.3, -0.25) is 4.79 Å². The van der Waals surface area contributed by atoms with Crippen LogP contribution >= 0.6 is 12.4 Å². The van der Waals surface area contributed by atoms with E-state index in [4.69, 9.17) is 15.2 Å². The van der Waals surface area contributed by atoms with Crippen LogP contribution in [0.25, 0.3) is 0 Å². The van der Waals surface area contributed by atoms with E-state index in [1.54, 1.807) is 14.2 Å². The van der Waals surface area contributed by atoms with E-state index in [-0.39, 0.29) is 30.8 Å². The van der Waals surface area contributed by atoms with Crippen LogP contribution in [0, 0.1) is 0 Å². The summed E-state index contributed by atoms with van der Waals surface area (Å²) in [6.07, 6.45) is 0.707. The maximum absolute atomic E-state index is 12.4. The smallest absolute Gasteiger partial charge is 0.228 e. The Morgan fingerprint density at radius 1 is 1.08 bits per heavy atom. The Kier molecular flexibility index (Phi) is 8.81. The number of hydrogen-bond acceptors (Lipinski definition) is 4. The predicted octanol–water partition coefficient (Wildman–Crippen LogP) is 2.53. The summed E-state index contributed by atoms with van der Waals surface area (Å²) in [5.41, 5.74) is 7.77. The molecule has 0 spiro atoms. The van der Waals surface area contributed by atoms with Crippen LogP contribution in [0.3, 0.4) is 0 Å². The molecule has 3 N–H and O–H groups in total. The van der Waals surface area contributed by atoms with Gasteiger partial charge < -0.3 is 20.5 Å². The number of carbonyl (C=O) groups is 1. The molecule has 0 radical (unpaired) electrons. The molecular formula is C19H25ClN2O3. The third-order valence-electron chi connectivity index (χ3n) is 3.91. The molecule has 136 valence electrons. The summed E-state index contributed by atoms with van der Waals surface area (Å²) in [6, 6.07) is 15.3. The fourth-order valence-corrected chi connectivity index (χ4v) is 2.57. The Hall–Kier alpha value is -2.24. The number of methoxy groups -OCH3 is 2. The van der Waals surface area contributed by atoms with Crippen LogP contribution in [0.2, 0.25) is 0 Å². The number of rotatable bonds is 8. The fourth-order valence-electron chi connectivity index (χ4n) is 2.57. The van der Waals surface area contributed by atoms with E-state index in [1.165, 1.54) is 0 Å². The highest BCUT2D eigenvalue weighted by atomic mass is 35.5. The number of nitrogens with one attached hydrogen (secondary N) is 1. The summed E-state index contributed by atoms with van der Waals surface area (Å²) in [5, 5.41) is 2.96. The molecule has 0 heterocycles. The first-order valence-electron chi connectivity index (χ1n) is 7.93. The number of halogens is 1. The second-order valence-electron chi connectivity index (χ2n) is 5.43. The van der Waals surface area contributed by atoms with Crippen molar-refractivity contribution in [3.05, 3.63) is 59.7 Å². The number of nitrogens with two attached hydrogens (primary N) is 1. The molecule has 2 rings (SSSR count). The Morgan fingerprint density at radius 2 is 1.76 bits per heavy atom. The zero-order valence-corrected chi connectivity index (χ0v) is 15.3. The number of ether oxygens (including phenoxy) is 2. The molecule has 0 fully saturated rings. The maximum Gasteiger partial charge on any atom is 0.228 e. The van der Waals surface area contributed by atoms with Crippen molar-refractivity contribution in [1.29, 1.82) is 0 Å². The number of hydrogen-bond donors (Lipinski definition) is 2. The SMILES string of the molecule is COc1ccc(CCNC(=O)C(CN)c2ccccc2)cc1OC.Cl. The first kappa shape index (κ1) is 20.8. The molecule has 2 aromatic rings. The van der Waals surface area contributed by atoms with Crippen LogP contribution in [0.1, 0.15) is 17.0 Å². The van der Waals surface area contributed by atoms with Gasteiger partial charge in [-0.05, 0) is 29.7 Å². The Morgan fingerprint density at radius 3 is 2.36 bits per heavy atom. The summed E-state index contributed by atoms with van der Waals surface area (Å²) in [7, 11) is 3.21. The average Bonchev–Trinajstić information content (AvgIpc) is 2.63. The van der Waals surface area contributed by atoms with Gasteiger partial charge in [-0.15, -0.1) is 12.4 Å². The predicted molar refractivity (Wildman–Crippen MR) is 102 cm³/mol. The monoisotopic (exact) mass is 364 g/mol. The largest absolute Gasteiger partial charge is 0.493 e. The summed E-state index contributed by atoms with van der Waals surface area (Å²) < 4.78 is 10.5. The molecule has 0 saturated heterocycles. The zero-order valence-electron chi connectivity index (χ0n) is 14.5. The van der Waals surface area contributed by atoms with Crippen LogP contribution < -0.4 is 20.5 Å². The van der Waals surface area contributed by atoms with E-state index in [0.29, 0.717) is 24.5 Å². The van der Waals surface area contributed by atoms with Crippen molar-refractivity contribution in [1.82, 2.24) is 5.32 Å². The van der Waals surface area contributed by atoms with Crippen LogP contribution in [-0.2, 0) is 11.2 Å². The van der Waals surface area contributed by atoms with E-state index in [2.05, 4.69) is 5.32 Å². The highest BCUT2D eigenvalue weighted by Gasteiger charge is 2.18. The minimum atomic E-state index is -0.323. The second kappa shape index (κ2) is 10.6. The number of amides is 1. The second-order valence-corrected chi connectivity index (χ2v) is 5.43. The molecule has 5 nitrogen and oxygen atoms in total. The topological polar surface area (TPSA) is 73.6 Å². The van der Waals surface area contributed by atoms with Crippen LogP contribution in [0.4, 0.5) is 0 Å². The van der Waals surface area contributed by atoms with Gasteiger partial charge in [-0.2, -0.15) is 0 Å². The molecule has 2 aromatic carbocycles. The zero-order chi connectivity index (χ0) is 17.4. The molecule has 0 aliphatic heterocycles. The van der Waals surface area contributed by atoms with Gasteiger partial charge in [0.05, 0.1) is 20.1 Å². The third kappa shape index (κ3) is 5.66. The van der Waals surface area contributed by atoms with Crippen molar-refractivity contribution in [2.24, 2.45) is 5.73 Å². The number of benzene rings is 2. The van der Waals surface area contributed by atoms with Gasteiger partial charge in [0.15, 0.2) is 11.5 Å². The van der Waals surface area contributed by atoms with Crippen LogP contribution in [0.15, 0.2) is 48.5 Å². The first-order chi connectivity index (χ1) is 11.7. The molecule has 1 atom stereocenters. The van der Waals surface area contributed by atoms with Gasteiger partial charge in [0.25, 0.3) is 0 Å². The lowest BCUT2D eigenvalue weighted by Crippen LogP contribution is -2.34. The fraction of sp³-hybridized carbons (Fsp3) is 0.316. The van der Waals surface area contributed by atoms with Crippen molar-refractivity contribution < 1.29 is 14.3 Å². The lowest BCUT2D eigenvalue weighted by molar-refractivity contribution is -0.122. The molecule has 0 aromatic heterocycles. The lowest BCUT2D eigenvalue weighted by atomic mass is 9.98. The van der Waals surface area contributed by atoms with Crippen LogP contribution in [0.5, 0.6) is 11.5 Å². The Labute approximate surface area is 154 Å². The molecule has 0 aliphatic carbocycles. The molecule has 1 amide bonds. The lowest BCUT2D eigenvalue weighted by Gasteiger charge is -2.15. The molecular weight excluding hydrogens is 340 g/mol. The molecule has 0 saturated carbocycles. The van der Waals surface area contributed by atoms with Crippen molar-refractivity contribution in [2.45, 2.75) is 12.3 Å². The van der Waals surface area contributed by atoms with Gasteiger partial charge in [-0.25, -0.2) is 0 Å². The van der Waals surface area contributed by atoms with Gasteiger partial charge in [0, 0.05) is 13.1 Å². The quantitative estimate of drug-likeness (QED) is 0.754. The van der Waals surface area contributed by atoms with Gasteiger partial charge in [0.1, 0.15) is 0 Å². The van der Waals surface area contributed by atoms with Crippen molar-refractivity contribution in [2.75, 3.05) is 27.3 Å². The van der Waals surface area contributed by atoms with Gasteiger partial charge >= 0.3 is 0 Å². The normalized spacial score (nSPS) is 11.2. The summed E-state index contributed by atoms with van der Waals surface area (Å²) >= 11 is 0. The first-order valence-corrected chi connectivity index (χ1v) is 7.93. The van der Waals surface area contributed by atoms with E-state index in [9.17, 15) is 4.79 Å². The summed E-state index contributed by atoms with van der Waals surface area (Å²) in [5.74, 6) is 1.00. The van der Waals surface area contributed by atoms with E-state index in [0.717, 1.165) is 11.1 Å². The van der Waals surface area contributed by atoms with E-state index in [1.807, 2.05) is 48.5 Å². The number of carbonyl (C=O) groups excluding carboxylic acids is 1. The van der Waals surface area contributed by atoms with Gasteiger partial charge in [-0.1, -0.05) is 36.4 Å². The maximum atomic E-state index is 12.4. The Balaban J connectivity index is 0.00000312. The summed E-state index contributed by atoms with van der Waals surface area (Å²) in [4.78, 5) is 12.4. The standard InChI is InChI=1S/C19H24N2O3.ClH/c1-23-17-9-8-14(12-18(17)24-2)10-11-21-19(22)16(13-20)15-6-4-3-5-7-15;/h3-9,12,16H,10-11,13,20H2,1-2H3,(H,21,22);1H. The van der Waals surface area contributed by atoms with E-state index >= 15 is 0 Å². The molecule has 25 heavy (non-hydrogen) atoms. The molecule has 1 unspecified atom stereocenters. The van der Waals surface area contributed by atoms with Crippen molar-refractivity contribution in [3.8, 4) is 11.5 Å². The highest BCUT2D eigenvalue weighted by molar-refractivity contribution is 5.85. The minimum absolute atomic E-state index is 0. The van der Waals surface area contributed by atoms with Crippen LogP contribution in [-0.4, -0.2) is 33.2 Å². The van der Waals surface area contributed by atoms with Crippen molar-refractivity contribution >= 4 is 18.3 Å². The van der Waals surface area contributed by atoms with Crippen molar-refractivity contribution in [3.63, 3.8) is 0 Å². The molecule has 0 bridgehead atoms. The van der Waals surface area contributed by atoms with E-state index < -0.39 is 0 Å². The molecule has 0 aliphatic rings. The summed E-state index contributed by atoms with van der Waals surface area (Å²) in [6.45, 7) is 0.823. The highest BCUT2D eigenvalue weighted by Crippen LogP contribution is 2.27. The third-order valence-corrected chi connectivity index (χ3v) is 3.91. The average molecular weight is 365 g/mol.